The average molecular weight is 424 g/mol. The van der Waals surface area contributed by atoms with Gasteiger partial charge in [-0.05, 0) is 50.5 Å². The molecular weight excluding hydrogens is 398 g/mol. The molecule has 0 aromatic heterocycles. The Bertz CT molecular complexity index is 999. The second kappa shape index (κ2) is 8.52. The minimum atomic E-state index is -0.777. The molecule has 1 saturated heterocycles. The first-order valence-corrected chi connectivity index (χ1v) is 11.0. The summed E-state index contributed by atoms with van der Waals surface area (Å²) in [5.41, 5.74) is 3.78. The van der Waals surface area contributed by atoms with Crippen molar-refractivity contribution in [1.29, 1.82) is 0 Å². The lowest BCUT2D eigenvalue weighted by Crippen LogP contribution is -2.48. The molecule has 4 rings (SSSR count). The van der Waals surface area contributed by atoms with Crippen molar-refractivity contribution >= 4 is 40.9 Å². The Kier molecular flexibility index (Phi) is 5.81. The van der Waals surface area contributed by atoms with E-state index in [1.54, 1.807) is 4.90 Å². The van der Waals surface area contributed by atoms with Crippen molar-refractivity contribution in [3.05, 3.63) is 53.6 Å². The van der Waals surface area contributed by atoms with Gasteiger partial charge in [-0.3, -0.25) is 14.4 Å². The first kappa shape index (κ1) is 20.5. The van der Waals surface area contributed by atoms with Gasteiger partial charge >= 0.3 is 0 Å². The summed E-state index contributed by atoms with van der Waals surface area (Å²) < 4.78 is 0. The van der Waals surface area contributed by atoms with Crippen LogP contribution >= 0.6 is 11.8 Å². The lowest BCUT2D eigenvalue weighted by molar-refractivity contribution is -0.136. The normalized spacial score (nSPS) is 19.1. The zero-order valence-electron chi connectivity index (χ0n) is 17.1. The Labute approximate surface area is 180 Å². The number of benzene rings is 2. The molecule has 7 heteroatoms. The van der Waals surface area contributed by atoms with Gasteiger partial charge in [0.05, 0.1) is 5.69 Å². The van der Waals surface area contributed by atoms with Crippen LogP contribution in [-0.2, 0) is 14.4 Å². The lowest BCUT2D eigenvalue weighted by Gasteiger charge is -2.34. The second-order valence-electron chi connectivity index (χ2n) is 7.89. The number of aryl methyl sites for hydroxylation is 2. The molecule has 6 nitrogen and oxygen atoms in total. The fraction of sp³-hybridized carbons (Fsp3) is 0.348. The Morgan fingerprint density at radius 3 is 2.57 bits per heavy atom. The van der Waals surface area contributed by atoms with Crippen molar-refractivity contribution in [2.45, 2.75) is 36.8 Å². The van der Waals surface area contributed by atoms with Crippen LogP contribution in [0.1, 0.15) is 24.0 Å². The maximum absolute atomic E-state index is 13.0. The highest BCUT2D eigenvalue weighted by atomic mass is 32.2. The Hall–Kier alpha value is -2.80. The Balaban J connectivity index is 1.34. The largest absolute Gasteiger partial charge is 0.341 e. The maximum atomic E-state index is 13.0. The van der Waals surface area contributed by atoms with Gasteiger partial charge in [-0.15, -0.1) is 11.8 Å². The van der Waals surface area contributed by atoms with E-state index in [1.165, 1.54) is 11.8 Å². The molecule has 156 valence electrons. The summed E-state index contributed by atoms with van der Waals surface area (Å²) in [6, 6.07) is 13.4. The summed E-state index contributed by atoms with van der Waals surface area (Å²) in [6.07, 6.45) is 1.19. The van der Waals surface area contributed by atoms with Gasteiger partial charge in [0.1, 0.15) is 0 Å². The number of nitrogens with zero attached hydrogens (tertiary/aromatic N) is 1. The number of anilines is 2. The number of thioether (sulfide) groups is 1. The van der Waals surface area contributed by atoms with E-state index >= 15 is 0 Å². The summed E-state index contributed by atoms with van der Waals surface area (Å²) in [5.74, 6) is -0.602. The molecular formula is C23H25N3O3S. The van der Waals surface area contributed by atoms with E-state index in [0.717, 1.165) is 27.4 Å². The van der Waals surface area contributed by atoms with Gasteiger partial charge in [0.15, 0.2) is 5.25 Å². The highest BCUT2D eigenvalue weighted by Crippen LogP contribution is 2.36. The predicted octanol–water partition coefficient (Wildman–Crippen LogP) is 3.59. The van der Waals surface area contributed by atoms with Crippen molar-refractivity contribution in [2.24, 2.45) is 5.92 Å². The molecule has 2 aromatic rings. The lowest BCUT2D eigenvalue weighted by atomic mass is 9.95. The predicted molar refractivity (Wildman–Crippen MR) is 119 cm³/mol. The number of carbonyl (C=O) groups excluding carboxylic acids is 3. The molecule has 0 aliphatic carbocycles. The molecule has 1 fully saturated rings. The molecule has 30 heavy (non-hydrogen) atoms. The zero-order valence-corrected chi connectivity index (χ0v) is 17.9. The van der Waals surface area contributed by atoms with E-state index in [2.05, 4.69) is 10.6 Å². The van der Waals surface area contributed by atoms with Crippen molar-refractivity contribution < 1.29 is 14.4 Å². The van der Waals surface area contributed by atoms with Crippen molar-refractivity contribution in [3.8, 4) is 0 Å². The average Bonchev–Trinajstić information content (AvgIpc) is 2.75. The second-order valence-corrected chi connectivity index (χ2v) is 9.04. The van der Waals surface area contributed by atoms with Crippen LogP contribution < -0.4 is 10.6 Å². The third-order valence-corrected chi connectivity index (χ3v) is 6.93. The molecule has 1 unspecified atom stereocenters. The van der Waals surface area contributed by atoms with E-state index in [0.29, 0.717) is 25.9 Å². The number of para-hydroxylation sites is 1. The molecule has 0 saturated carbocycles. The highest BCUT2D eigenvalue weighted by Gasteiger charge is 2.37. The van der Waals surface area contributed by atoms with Crippen molar-refractivity contribution in [1.82, 2.24) is 4.90 Å². The zero-order chi connectivity index (χ0) is 21.3. The van der Waals surface area contributed by atoms with Crippen LogP contribution in [0.5, 0.6) is 0 Å². The van der Waals surface area contributed by atoms with E-state index in [9.17, 15) is 14.4 Å². The number of rotatable bonds is 3. The molecule has 2 aromatic carbocycles. The van der Waals surface area contributed by atoms with Gasteiger partial charge in [0.25, 0.3) is 0 Å². The molecule has 2 aliphatic rings. The fourth-order valence-corrected chi connectivity index (χ4v) is 5.00. The summed E-state index contributed by atoms with van der Waals surface area (Å²) in [6.45, 7) is 4.97. The van der Waals surface area contributed by atoms with Gasteiger partial charge in [-0.1, -0.05) is 29.8 Å². The van der Waals surface area contributed by atoms with Gasteiger partial charge < -0.3 is 15.5 Å². The molecule has 2 heterocycles. The smallest absolute Gasteiger partial charge is 0.247 e. The van der Waals surface area contributed by atoms with Gasteiger partial charge in [-0.2, -0.15) is 0 Å². The molecule has 3 amide bonds. The van der Waals surface area contributed by atoms with E-state index < -0.39 is 5.25 Å². The number of amides is 3. The summed E-state index contributed by atoms with van der Waals surface area (Å²) in [5, 5.41) is 5.07. The molecule has 2 N–H and O–H groups in total. The first-order chi connectivity index (χ1) is 14.4. The van der Waals surface area contributed by atoms with E-state index in [-0.39, 0.29) is 23.6 Å². The van der Waals surface area contributed by atoms with Crippen LogP contribution in [0.2, 0.25) is 0 Å². The molecule has 0 bridgehead atoms. The number of likely N-dealkylation sites (tertiary alicyclic amines) is 1. The number of fused-ring (bicyclic) bond motifs is 1. The fourth-order valence-electron chi connectivity index (χ4n) is 3.93. The number of hydrogen-bond donors (Lipinski definition) is 2. The maximum Gasteiger partial charge on any atom is 0.247 e. The Morgan fingerprint density at radius 2 is 1.83 bits per heavy atom. The van der Waals surface area contributed by atoms with Gasteiger partial charge in [0.2, 0.25) is 17.7 Å². The minimum Gasteiger partial charge on any atom is -0.341 e. The Morgan fingerprint density at radius 1 is 1.10 bits per heavy atom. The molecule has 0 spiro atoms. The highest BCUT2D eigenvalue weighted by molar-refractivity contribution is 8.01. The van der Waals surface area contributed by atoms with Crippen LogP contribution in [0.25, 0.3) is 0 Å². The molecule has 0 radical (unpaired) electrons. The van der Waals surface area contributed by atoms with E-state index in [4.69, 9.17) is 0 Å². The first-order valence-electron chi connectivity index (χ1n) is 10.2. The topological polar surface area (TPSA) is 78.5 Å². The number of carbonyl (C=O) groups is 3. The molecule has 1 atom stereocenters. The van der Waals surface area contributed by atoms with E-state index in [1.807, 2.05) is 56.3 Å². The quantitative estimate of drug-likeness (QED) is 0.740. The van der Waals surface area contributed by atoms with Crippen LogP contribution in [0.3, 0.4) is 0 Å². The molecule has 2 aliphatic heterocycles. The standard InChI is InChI=1S/C23H25N3O3S/c1-14-7-8-17(15(2)13-14)24-21(27)16-9-11-26(12-10-16)23(29)20-22(28)25-18-5-3-4-6-19(18)30-20/h3-8,13,16,20H,9-12H2,1-2H3,(H,24,27)(H,25,28). The number of nitrogens with one attached hydrogen (secondary N) is 2. The third-order valence-electron chi connectivity index (χ3n) is 5.67. The number of piperidine rings is 1. The van der Waals surface area contributed by atoms with Crippen molar-refractivity contribution in [2.75, 3.05) is 23.7 Å². The third kappa shape index (κ3) is 4.21. The van der Waals surface area contributed by atoms with Crippen LogP contribution in [0, 0.1) is 19.8 Å². The monoisotopic (exact) mass is 423 g/mol. The summed E-state index contributed by atoms with van der Waals surface area (Å²) in [7, 11) is 0. The van der Waals surface area contributed by atoms with Crippen LogP contribution in [0.15, 0.2) is 47.4 Å². The van der Waals surface area contributed by atoms with Crippen LogP contribution in [-0.4, -0.2) is 41.0 Å². The summed E-state index contributed by atoms with van der Waals surface area (Å²) >= 11 is 1.30. The van der Waals surface area contributed by atoms with Gasteiger partial charge in [-0.25, -0.2) is 0 Å². The van der Waals surface area contributed by atoms with Gasteiger partial charge in [0, 0.05) is 29.6 Å². The van der Waals surface area contributed by atoms with Crippen LogP contribution in [0.4, 0.5) is 11.4 Å². The number of hydrogen-bond acceptors (Lipinski definition) is 4. The van der Waals surface area contributed by atoms with Crippen molar-refractivity contribution in [3.63, 3.8) is 0 Å². The summed E-state index contributed by atoms with van der Waals surface area (Å²) in [4.78, 5) is 40.7. The minimum absolute atomic E-state index is 0.00670. The SMILES string of the molecule is Cc1ccc(NC(=O)C2CCN(C(=O)C3Sc4ccccc4NC3=O)CC2)c(C)c1.